The van der Waals surface area contributed by atoms with Gasteiger partial charge in [-0.05, 0) is 23.4 Å². The molecular formula is C19H18N2O3S. The van der Waals surface area contributed by atoms with Gasteiger partial charge in [0.25, 0.3) is 10.0 Å². The molecule has 5 nitrogen and oxygen atoms in total. The SMILES string of the molecule is O=C(NCCc1ccccc1)NS(=O)(=O)c1cccc2ccccc12. The standard InChI is InChI=1S/C19H18N2O3S/c22-19(20-14-13-15-7-2-1-3-8-15)21-25(23,24)18-12-6-10-16-9-4-5-11-17(16)18/h1-12H,13-14H2,(H2,20,21,22). The fraction of sp³-hybridized carbons (Fsp3) is 0.105. The zero-order valence-electron chi connectivity index (χ0n) is 13.5. The zero-order valence-corrected chi connectivity index (χ0v) is 14.3. The lowest BCUT2D eigenvalue weighted by Gasteiger charge is -2.10. The van der Waals surface area contributed by atoms with Gasteiger partial charge >= 0.3 is 6.03 Å². The van der Waals surface area contributed by atoms with E-state index in [4.69, 9.17) is 0 Å². The molecule has 2 N–H and O–H groups in total. The first-order valence-corrected chi connectivity index (χ1v) is 9.37. The van der Waals surface area contributed by atoms with Gasteiger partial charge in [0.2, 0.25) is 0 Å². The van der Waals surface area contributed by atoms with Crippen LogP contribution < -0.4 is 10.0 Å². The third kappa shape index (κ3) is 4.16. The molecule has 0 aromatic heterocycles. The van der Waals surface area contributed by atoms with Gasteiger partial charge in [-0.2, -0.15) is 0 Å². The molecule has 128 valence electrons. The van der Waals surface area contributed by atoms with E-state index in [0.29, 0.717) is 18.4 Å². The van der Waals surface area contributed by atoms with Crippen molar-refractivity contribution in [3.8, 4) is 0 Å². The van der Waals surface area contributed by atoms with Crippen molar-refractivity contribution in [3.05, 3.63) is 78.4 Å². The summed E-state index contributed by atoms with van der Waals surface area (Å²) < 4.78 is 27.1. The number of urea groups is 1. The van der Waals surface area contributed by atoms with Gasteiger partial charge in [-0.3, -0.25) is 0 Å². The Hall–Kier alpha value is -2.86. The van der Waals surface area contributed by atoms with Gasteiger partial charge in [-0.1, -0.05) is 66.7 Å². The quantitative estimate of drug-likeness (QED) is 0.739. The van der Waals surface area contributed by atoms with Crippen molar-refractivity contribution in [2.24, 2.45) is 0 Å². The number of benzene rings is 3. The van der Waals surface area contributed by atoms with Crippen molar-refractivity contribution >= 4 is 26.8 Å². The summed E-state index contributed by atoms with van der Waals surface area (Å²) in [6, 6.07) is 21.0. The summed E-state index contributed by atoms with van der Waals surface area (Å²) in [7, 11) is -3.94. The van der Waals surface area contributed by atoms with Crippen LogP contribution in [0.5, 0.6) is 0 Å². The molecule has 0 bridgehead atoms. The minimum atomic E-state index is -3.94. The Morgan fingerprint density at radius 3 is 2.32 bits per heavy atom. The van der Waals surface area contributed by atoms with Gasteiger partial charge in [-0.15, -0.1) is 0 Å². The van der Waals surface area contributed by atoms with Gasteiger partial charge in [-0.25, -0.2) is 17.9 Å². The average Bonchev–Trinajstić information content (AvgIpc) is 2.61. The summed E-state index contributed by atoms with van der Waals surface area (Å²) in [4.78, 5) is 12.0. The number of fused-ring (bicyclic) bond motifs is 1. The molecule has 25 heavy (non-hydrogen) atoms. The lowest BCUT2D eigenvalue weighted by atomic mass is 10.1. The molecule has 0 aliphatic carbocycles. The van der Waals surface area contributed by atoms with Crippen molar-refractivity contribution < 1.29 is 13.2 Å². The molecule has 0 saturated carbocycles. The Balaban J connectivity index is 1.67. The minimum absolute atomic E-state index is 0.0869. The highest BCUT2D eigenvalue weighted by molar-refractivity contribution is 7.90. The van der Waals surface area contributed by atoms with Gasteiger partial charge in [0, 0.05) is 11.9 Å². The fourth-order valence-corrected chi connectivity index (χ4v) is 3.77. The fourth-order valence-electron chi connectivity index (χ4n) is 2.61. The Morgan fingerprint density at radius 1 is 0.840 bits per heavy atom. The molecule has 0 spiro atoms. The lowest BCUT2D eigenvalue weighted by Crippen LogP contribution is -2.40. The molecule has 0 radical (unpaired) electrons. The van der Waals surface area contributed by atoms with Crippen LogP contribution in [0, 0.1) is 0 Å². The second kappa shape index (κ2) is 7.36. The van der Waals surface area contributed by atoms with E-state index in [-0.39, 0.29) is 4.90 Å². The van der Waals surface area contributed by atoms with Gasteiger partial charge in [0.1, 0.15) is 0 Å². The van der Waals surface area contributed by atoms with Crippen molar-refractivity contribution in [1.29, 1.82) is 0 Å². The first-order chi connectivity index (χ1) is 12.1. The molecule has 0 unspecified atom stereocenters. The number of nitrogens with one attached hydrogen (secondary N) is 2. The van der Waals surface area contributed by atoms with Crippen LogP contribution in [-0.4, -0.2) is 21.0 Å². The molecule has 0 fully saturated rings. The highest BCUT2D eigenvalue weighted by atomic mass is 32.2. The third-order valence-corrected chi connectivity index (χ3v) is 5.20. The Labute approximate surface area is 146 Å². The third-order valence-electron chi connectivity index (χ3n) is 3.81. The van der Waals surface area contributed by atoms with E-state index in [2.05, 4.69) is 10.0 Å². The van der Waals surface area contributed by atoms with Crippen molar-refractivity contribution in [2.45, 2.75) is 11.3 Å². The molecule has 6 heteroatoms. The van der Waals surface area contributed by atoms with E-state index in [9.17, 15) is 13.2 Å². The molecule has 0 aliphatic rings. The molecule has 0 heterocycles. The Morgan fingerprint density at radius 2 is 1.52 bits per heavy atom. The van der Waals surface area contributed by atoms with E-state index in [1.54, 1.807) is 18.2 Å². The summed E-state index contributed by atoms with van der Waals surface area (Å²) in [5.74, 6) is 0. The van der Waals surface area contributed by atoms with Crippen molar-refractivity contribution in [3.63, 3.8) is 0 Å². The van der Waals surface area contributed by atoms with Crippen LogP contribution in [0.15, 0.2) is 77.7 Å². The smallest absolute Gasteiger partial charge is 0.328 e. The van der Waals surface area contributed by atoms with Crippen LogP contribution >= 0.6 is 0 Å². The summed E-state index contributed by atoms with van der Waals surface area (Å²) >= 11 is 0. The number of hydrogen-bond acceptors (Lipinski definition) is 3. The van der Waals surface area contributed by atoms with Gasteiger partial charge < -0.3 is 5.32 Å². The summed E-state index contributed by atoms with van der Waals surface area (Å²) in [5, 5.41) is 3.95. The van der Waals surface area contributed by atoms with E-state index < -0.39 is 16.1 Å². The number of carbonyl (C=O) groups is 1. The van der Waals surface area contributed by atoms with E-state index >= 15 is 0 Å². The van der Waals surface area contributed by atoms with Crippen LogP contribution in [0.3, 0.4) is 0 Å². The monoisotopic (exact) mass is 354 g/mol. The highest BCUT2D eigenvalue weighted by Gasteiger charge is 2.19. The molecule has 0 atom stereocenters. The topological polar surface area (TPSA) is 75.3 Å². The van der Waals surface area contributed by atoms with Crippen LogP contribution in [0.1, 0.15) is 5.56 Å². The molecular weight excluding hydrogens is 336 g/mol. The van der Waals surface area contributed by atoms with Crippen LogP contribution in [0.2, 0.25) is 0 Å². The summed E-state index contributed by atoms with van der Waals surface area (Å²) in [6.07, 6.45) is 0.628. The molecule has 0 saturated heterocycles. The molecule has 3 rings (SSSR count). The zero-order chi connectivity index (χ0) is 17.7. The maximum atomic E-state index is 12.5. The lowest BCUT2D eigenvalue weighted by molar-refractivity contribution is 0.246. The van der Waals surface area contributed by atoms with Crippen LogP contribution in [-0.2, 0) is 16.4 Å². The second-order valence-corrected chi connectivity index (χ2v) is 7.23. The van der Waals surface area contributed by atoms with Gasteiger partial charge in [0.05, 0.1) is 4.90 Å². The number of sulfonamides is 1. The first kappa shape index (κ1) is 17.0. The summed E-state index contributed by atoms with van der Waals surface area (Å²) in [5.41, 5.74) is 1.07. The Bertz CT molecular complexity index is 980. The van der Waals surface area contributed by atoms with Crippen molar-refractivity contribution in [2.75, 3.05) is 6.54 Å². The second-order valence-electron chi connectivity index (χ2n) is 5.57. The first-order valence-electron chi connectivity index (χ1n) is 7.88. The number of amides is 2. The predicted octanol–water partition coefficient (Wildman–Crippen LogP) is 3.07. The Kier molecular flexibility index (Phi) is 5.00. The van der Waals surface area contributed by atoms with E-state index in [0.717, 1.165) is 10.9 Å². The van der Waals surface area contributed by atoms with E-state index in [1.807, 2.05) is 48.5 Å². The normalized spacial score (nSPS) is 11.2. The highest BCUT2D eigenvalue weighted by Crippen LogP contribution is 2.22. The average molecular weight is 354 g/mol. The number of hydrogen-bond donors (Lipinski definition) is 2. The summed E-state index contributed by atoms with van der Waals surface area (Å²) in [6.45, 7) is 0.348. The molecule has 3 aromatic carbocycles. The van der Waals surface area contributed by atoms with E-state index in [1.165, 1.54) is 6.07 Å². The maximum absolute atomic E-state index is 12.5. The number of carbonyl (C=O) groups excluding carboxylic acids is 1. The predicted molar refractivity (Wildman–Crippen MR) is 97.8 cm³/mol. The largest absolute Gasteiger partial charge is 0.337 e. The molecule has 3 aromatic rings. The minimum Gasteiger partial charge on any atom is -0.337 e. The molecule has 2 amide bonds. The maximum Gasteiger partial charge on any atom is 0.328 e. The van der Waals surface area contributed by atoms with Crippen molar-refractivity contribution in [1.82, 2.24) is 10.0 Å². The number of rotatable bonds is 5. The van der Waals surface area contributed by atoms with Gasteiger partial charge in [0.15, 0.2) is 0 Å². The molecule has 0 aliphatic heterocycles. The van der Waals surface area contributed by atoms with Crippen LogP contribution in [0.4, 0.5) is 4.79 Å². The van der Waals surface area contributed by atoms with Crippen LogP contribution in [0.25, 0.3) is 10.8 Å².